The molecule has 0 spiro atoms. The highest BCUT2D eigenvalue weighted by molar-refractivity contribution is 7.80. The summed E-state index contributed by atoms with van der Waals surface area (Å²) < 4.78 is 0. The minimum Gasteiger partial charge on any atom is -0.480 e. The number of guanidine groups is 1. The molecule has 5 unspecified atom stereocenters. The number of aliphatic imine (C=N–C) groups is 1. The largest absolute Gasteiger partial charge is 0.480 e. The topological polar surface area (TPSA) is 258 Å². The molecule has 0 aromatic carbocycles. The molecular weight excluding hydrogens is 480 g/mol. The van der Waals surface area contributed by atoms with E-state index in [-0.39, 0.29) is 43.4 Å². The molecule has 0 aromatic rings. The van der Waals surface area contributed by atoms with E-state index in [2.05, 4.69) is 33.6 Å². The van der Waals surface area contributed by atoms with Gasteiger partial charge in [0.25, 0.3) is 0 Å². The van der Waals surface area contributed by atoms with E-state index in [0.29, 0.717) is 12.8 Å². The van der Waals surface area contributed by atoms with Gasteiger partial charge in [0.15, 0.2) is 5.96 Å². The third-order valence-corrected chi connectivity index (χ3v) is 5.61. The molecular formula is C20H38N8O6S. The highest BCUT2D eigenvalue weighted by Crippen LogP contribution is 2.08. The zero-order valence-corrected chi connectivity index (χ0v) is 20.9. The van der Waals surface area contributed by atoms with Gasteiger partial charge in [0, 0.05) is 18.7 Å². The number of hydrogen-bond donors (Lipinski definition) is 9. The average molecular weight is 519 g/mol. The van der Waals surface area contributed by atoms with Gasteiger partial charge in [-0.1, -0.05) is 20.3 Å². The highest BCUT2D eigenvalue weighted by Gasteiger charge is 2.30. The number of aliphatic carboxylic acids is 1. The van der Waals surface area contributed by atoms with Crippen molar-refractivity contribution in [1.29, 1.82) is 0 Å². The minimum atomic E-state index is -1.39. The van der Waals surface area contributed by atoms with Crippen LogP contribution in [0.1, 0.15) is 46.0 Å². The Kier molecular flexibility index (Phi) is 15.1. The average Bonchev–Trinajstić information content (AvgIpc) is 2.79. The van der Waals surface area contributed by atoms with Crippen LogP contribution in [0.4, 0.5) is 0 Å². The molecule has 0 radical (unpaired) electrons. The van der Waals surface area contributed by atoms with Crippen LogP contribution in [0.5, 0.6) is 0 Å². The van der Waals surface area contributed by atoms with Gasteiger partial charge in [-0.2, -0.15) is 12.6 Å². The van der Waals surface area contributed by atoms with Crippen molar-refractivity contribution in [3.05, 3.63) is 0 Å². The summed E-state index contributed by atoms with van der Waals surface area (Å²) in [7, 11) is 0. The van der Waals surface area contributed by atoms with Gasteiger partial charge in [-0.3, -0.25) is 24.2 Å². The first-order valence-electron chi connectivity index (χ1n) is 11.2. The first-order valence-corrected chi connectivity index (χ1v) is 11.8. The lowest BCUT2D eigenvalue weighted by Gasteiger charge is -2.25. The van der Waals surface area contributed by atoms with Crippen LogP contribution in [0.2, 0.25) is 0 Å². The maximum Gasteiger partial charge on any atom is 0.326 e. The Morgan fingerprint density at radius 1 is 0.914 bits per heavy atom. The lowest BCUT2D eigenvalue weighted by molar-refractivity contribution is -0.142. The van der Waals surface area contributed by atoms with Crippen molar-refractivity contribution < 1.29 is 29.1 Å². The quantitative estimate of drug-likeness (QED) is 0.0414. The van der Waals surface area contributed by atoms with Crippen LogP contribution in [-0.4, -0.2) is 77.1 Å². The third kappa shape index (κ3) is 12.8. The second-order valence-electron chi connectivity index (χ2n) is 8.07. The van der Waals surface area contributed by atoms with Crippen molar-refractivity contribution in [2.24, 2.45) is 33.8 Å². The van der Waals surface area contributed by atoms with E-state index in [0.717, 1.165) is 0 Å². The molecule has 5 atom stereocenters. The number of rotatable bonds is 17. The number of carbonyl (C=O) groups is 5. The Morgan fingerprint density at radius 3 is 1.94 bits per heavy atom. The lowest BCUT2D eigenvalue weighted by Crippen LogP contribution is -2.58. The van der Waals surface area contributed by atoms with Gasteiger partial charge in [-0.15, -0.1) is 0 Å². The number of nitrogens with two attached hydrogens (primary N) is 4. The SMILES string of the molecule is CCC(C)C(N)C(=O)NC(CCCN=C(N)N)C(=O)NC(CS)C(=O)NC(CCC(N)=O)C(=O)O. The van der Waals surface area contributed by atoms with Crippen LogP contribution >= 0.6 is 12.6 Å². The Hall–Kier alpha value is -3.07. The summed E-state index contributed by atoms with van der Waals surface area (Å²) in [5, 5.41) is 16.6. The van der Waals surface area contributed by atoms with E-state index in [1.165, 1.54) is 0 Å². The van der Waals surface area contributed by atoms with Crippen LogP contribution < -0.4 is 38.9 Å². The molecule has 14 nitrogen and oxygen atoms in total. The third-order valence-electron chi connectivity index (χ3n) is 5.25. The van der Waals surface area contributed by atoms with Crippen molar-refractivity contribution >= 4 is 48.2 Å². The number of nitrogens with one attached hydrogen (secondary N) is 3. The molecule has 0 rings (SSSR count). The van der Waals surface area contributed by atoms with Gasteiger partial charge in [0.05, 0.1) is 6.04 Å². The summed E-state index contributed by atoms with van der Waals surface area (Å²) in [6, 6.07) is -4.52. The molecule has 0 heterocycles. The summed E-state index contributed by atoms with van der Waals surface area (Å²) >= 11 is 4.06. The zero-order valence-electron chi connectivity index (χ0n) is 20.0. The standard InChI is InChI=1S/C20H38N8O6S/c1-3-10(2)15(22)18(32)26-11(5-4-8-25-20(23)24)16(30)28-13(9-35)17(31)27-12(19(33)34)6-7-14(21)29/h10-13,15,35H,3-9,22H2,1-2H3,(H2,21,29)(H,26,32)(H,27,31)(H,28,30)(H,33,34)(H4,23,24,25). The lowest BCUT2D eigenvalue weighted by atomic mass is 9.98. The number of amides is 4. The van der Waals surface area contributed by atoms with E-state index in [1.807, 2.05) is 6.92 Å². The molecule has 0 aromatic heterocycles. The molecule has 15 heteroatoms. The summed E-state index contributed by atoms with van der Waals surface area (Å²) in [6.45, 7) is 3.88. The number of carbonyl (C=O) groups excluding carboxylic acids is 4. The minimum absolute atomic E-state index is 0.120. The van der Waals surface area contributed by atoms with E-state index in [9.17, 15) is 29.1 Å². The van der Waals surface area contributed by atoms with Crippen molar-refractivity contribution in [3.8, 4) is 0 Å². The molecule has 200 valence electrons. The number of primary amides is 1. The molecule has 0 aliphatic carbocycles. The predicted octanol–water partition coefficient (Wildman–Crippen LogP) is -2.85. The van der Waals surface area contributed by atoms with Gasteiger partial charge in [0.2, 0.25) is 23.6 Å². The van der Waals surface area contributed by atoms with Gasteiger partial charge in [-0.25, -0.2) is 4.79 Å². The Labute approximate surface area is 209 Å². The molecule has 35 heavy (non-hydrogen) atoms. The zero-order chi connectivity index (χ0) is 27.1. The number of carboxylic acid groups (broad SMARTS) is 1. The molecule has 0 aliphatic heterocycles. The van der Waals surface area contributed by atoms with Crippen molar-refractivity contribution in [2.75, 3.05) is 12.3 Å². The van der Waals surface area contributed by atoms with E-state index < -0.39 is 53.8 Å². The van der Waals surface area contributed by atoms with E-state index in [1.54, 1.807) is 6.92 Å². The summed E-state index contributed by atoms with van der Waals surface area (Å²) in [5.41, 5.74) is 21.6. The van der Waals surface area contributed by atoms with Crippen molar-refractivity contribution in [1.82, 2.24) is 16.0 Å². The fraction of sp³-hybridized carbons (Fsp3) is 0.700. The number of thiol groups is 1. The fourth-order valence-corrected chi connectivity index (χ4v) is 3.09. The first kappa shape index (κ1) is 31.9. The highest BCUT2D eigenvalue weighted by atomic mass is 32.1. The Balaban J connectivity index is 5.40. The van der Waals surface area contributed by atoms with Crippen molar-refractivity contribution in [3.63, 3.8) is 0 Å². The smallest absolute Gasteiger partial charge is 0.326 e. The molecule has 0 fully saturated rings. The fourth-order valence-electron chi connectivity index (χ4n) is 2.84. The van der Waals surface area contributed by atoms with Crippen LogP contribution in [0.15, 0.2) is 4.99 Å². The maximum atomic E-state index is 12.9. The summed E-state index contributed by atoms with van der Waals surface area (Å²) in [5.74, 6) is -4.57. The Morgan fingerprint density at radius 2 is 1.46 bits per heavy atom. The van der Waals surface area contributed by atoms with Gasteiger partial charge >= 0.3 is 5.97 Å². The van der Waals surface area contributed by atoms with Gasteiger partial charge in [-0.05, 0) is 25.2 Å². The molecule has 0 saturated heterocycles. The molecule has 12 N–H and O–H groups in total. The van der Waals surface area contributed by atoms with Crippen LogP contribution in [0, 0.1) is 5.92 Å². The molecule has 4 amide bonds. The number of carboxylic acids is 1. The van der Waals surface area contributed by atoms with Crippen LogP contribution in [0.25, 0.3) is 0 Å². The first-order chi connectivity index (χ1) is 16.3. The second kappa shape index (κ2) is 16.5. The predicted molar refractivity (Wildman–Crippen MR) is 133 cm³/mol. The van der Waals surface area contributed by atoms with Crippen LogP contribution in [0.3, 0.4) is 0 Å². The normalized spacial score (nSPS) is 15.0. The monoisotopic (exact) mass is 518 g/mol. The van der Waals surface area contributed by atoms with E-state index >= 15 is 0 Å². The Bertz CT molecular complexity index is 777. The maximum absolute atomic E-state index is 12.9. The summed E-state index contributed by atoms with van der Waals surface area (Å²) in [4.78, 5) is 64.2. The second-order valence-corrected chi connectivity index (χ2v) is 8.43. The van der Waals surface area contributed by atoms with Gasteiger partial charge < -0.3 is 44.0 Å². The van der Waals surface area contributed by atoms with Crippen LogP contribution in [-0.2, 0) is 24.0 Å². The number of hydrogen-bond acceptors (Lipinski definition) is 8. The summed E-state index contributed by atoms with van der Waals surface area (Å²) in [6.07, 6.45) is 0.647. The molecule has 0 aliphatic rings. The number of nitrogens with zero attached hydrogens (tertiary/aromatic N) is 1. The molecule has 0 bridgehead atoms. The van der Waals surface area contributed by atoms with Gasteiger partial charge in [0.1, 0.15) is 18.1 Å². The van der Waals surface area contributed by atoms with Crippen molar-refractivity contribution in [2.45, 2.75) is 70.1 Å². The molecule has 0 saturated carbocycles. The van der Waals surface area contributed by atoms with E-state index in [4.69, 9.17) is 22.9 Å².